The first-order chi connectivity index (χ1) is 5.74. The van der Waals surface area contributed by atoms with Crippen LogP contribution in [0.2, 0.25) is 0 Å². The summed E-state index contributed by atoms with van der Waals surface area (Å²) in [6, 6.07) is 6.14. The van der Waals surface area contributed by atoms with Crippen molar-refractivity contribution in [1.29, 1.82) is 0 Å². The van der Waals surface area contributed by atoms with E-state index in [1.54, 1.807) is 0 Å². The number of unbranched alkanes of at least 4 members (excludes halogenated alkanes) is 1. The first-order valence-corrected chi connectivity index (χ1v) is 4.84. The lowest BCUT2D eigenvalue weighted by Crippen LogP contribution is -2.10. The number of anilines is 1. The minimum Gasteiger partial charge on any atom is -0.399 e. The van der Waals surface area contributed by atoms with Gasteiger partial charge in [0.1, 0.15) is 0 Å². The number of hydrogen-bond acceptors (Lipinski definition) is 1. The summed E-state index contributed by atoms with van der Waals surface area (Å²) in [5.74, 6) is 0. The van der Waals surface area contributed by atoms with E-state index in [2.05, 4.69) is 29.3 Å². The molecule has 0 aliphatic carbocycles. The second-order valence-corrected chi connectivity index (χ2v) is 3.56. The van der Waals surface area contributed by atoms with Crippen LogP contribution in [0, 0.1) is 0 Å². The van der Waals surface area contributed by atoms with E-state index in [0.717, 1.165) is 17.3 Å². The van der Waals surface area contributed by atoms with Crippen LogP contribution in [0.1, 0.15) is 25.3 Å². The van der Waals surface area contributed by atoms with Crippen LogP contribution in [0.5, 0.6) is 0 Å². The van der Waals surface area contributed by atoms with Gasteiger partial charge in [0.25, 0.3) is 0 Å². The van der Waals surface area contributed by atoms with Gasteiger partial charge in [-0.25, -0.2) is 0 Å². The number of hydrogen-bond donors (Lipinski definition) is 1. The van der Waals surface area contributed by atoms with Gasteiger partial charge in [0.2, 0.25) is 0 Å². The molecule has 0 bridgehead atoms. The average Bonchev–Trinajstić information content (AvgIpc) is 2.07. The Morgan fingerprint density at radius 3 is 2.75 bits per heavy atom. The quantitative estimate of drug-likeness (QED) is 0.547. The van der Waals surface area contributed by atoms with Gasteiger partial charge in [0, 0.05) is 5.69 Å². The number of rotatable bonds is 3. The van der Waals surface area contributed by atoms with E-state index >= 15 is 0 Å². The molecule has 0 spiro atoms. The summed E-state index contributed by atoms with van der Waals surface area (Å²) >= 11 is 0. The van der Waals surface area contributed by atoms with Gasteiger partial charge in [-0.1, -0.05) is 25.5 Å². The Bertz CT molecular complexity index is 258. The van der Waals surface area contributed by atoms with Crippen LogP contribution in [-0.2, 0) is 6.42 Å². The monoisotopic (exact) mass is 176 g/mol. The van der Waals surface area contributed by atoms with Gasteiger partial charge in [-0.2, -0.15) is 0 Å². The van der Waals surface area contributed by atoms with Crippen molar-refractivity contribution in [3.63, 3.8) is 0 Å². The smallest absolute Gasteiger partial charge is 0.0741 e. The molecular formula is C10H14NSi. The summed E-state index contributed by atoms with van der Waals surface area (Å²) < 4.78 is 0. The largest absolute Gasteiger partial charge is 0.399 e. The topological polar surface area (TPSA) is 26.0 Å². The summed E-state index contributed by atoms with van der Waals surface area (Å²) in [4.78, 5) is 0. The predicted octanol–water partition coefficient (Wildman–Crippen LogP) is 1.41. The molecule has 0 amide bonds. The number of benzene rings is 1. The number of nitrogen functional groups attached to an aromatic ring is 1. The van der Waals surface area contributed by atoms with Gasteiger partial charge in [-0.3, -0.25) is 0 Å². The van der Waals surface area contributed by atoms with Crippen molar-refractivity contribution in [2.75, 3.05) is 5.73 Å². The highest BCUT2D eigenvalue weighted by atomic mass is 28.1. The maximum Gasteiger partial charge on any atom is 0.0741 e. The third-order valence-corrected chi connectivity index (χ3v) is 2.37. The maximum absolute atomic E-state index is 5.67. The Morgan fingerprint density at radius 2 is 2.17 bits per heavy atom. The first-order valence-electron chi connectivity index (χ1n) is 4.34. The normalized spacial score (nSPS) is 10.2. The molecule has 0 atom stereocenters. The number of aryl methyl sites for hydroxylation is 1. The van der Waals surface area contributed by atoms with Gasteiger partial charge in [-0.05, 0) is 29.7 Å². The fourth-order valence-electron chi connectivity index (χ4n) is 1.14. The molecular weight excluding hydrogens is 162 g/mol. The minimum atomic E-state index is 0.812. The van der Waals surface area contributed by atoms with Gasteiger partial charge < -0.3 is 5.73 Å². The Hall–Kier alpha value is -0.763. The molecule has 0 heterocycles. The molecule has 0 saturated carbocycles. The first kappa shape index (κ1) is 9.33. The fraction of sp³-hybridized carbons (Fsp3) is 0.400. The summed E-state index contributed by atoms with van der Waals surface area (Å²) in [5.41, 5.74) is 7.84. The molecule has 0 unspecified atom stereocenters. The molecule has 0 aliphatic rings. The zero-order valence-electron chi connectivity index (χ0n) is 7.43. The number of nitrogens with two attached hydrogens (primary N) is 1. The molecule has 0 saturated heterocycles. The molecule has 3 radical (unpaired) electrons. The fourth-order valence-corrected chi connectivity index (χ4v) is 1.41. The van der Waals surface area contributed by atoms with Crippen LogP contribution in [0.4, 0.5) is 5.69 Å². The van der Waals surface area contributed by atoms with Crippen molar-refractivity contribution in [1.82, 2.24) is 0 Å². The average molecular weight is 176 g/mol. The van der Waals surface area contributed by atoms with Crippen molar-refractivity contribution in [3.8, 4) is 0 Å². The lowest BCUT2D eigenvalue weighted by Gasteiger charge is -2.03. The van der Waals surface area contributed by atoms with Gasteiger partial charge in [0.15, 0.2) is 0 Å². The minimum absolute atomic E-state index is 0.812. The van der Waals surface area contributed by atoms with Crippen LogP contribution in [0.15, 0.2) is 18.2 Å². The zero-order valence-corrected chi connectivity index (χ0v) is 8.43. The van der Waals surface area contributed by atoms with E-state index in [1.165, 1.54) is 18.4 Å². The van der Waals surface area contributed by atoms with Crippen LogP contribution in [0.3, 0.4) is 0 Å². The van der Waals surface area contributed by atoms with Crippen molar-refractivity contribution in [2.45, 2.75) is 26.2 Å². The summed E-state index contributed by atoms with van der Waals surface area (Å²) in [5, 5.41) is 1.00. The molecule has 0 aliphatic heterocycles. The van der Waals surface area contributed by atoms with Crippen LogP contribution in [-0.4, -0.2) is 10.2 Å². The van der Waals surface area contributed by atoms with Crippen molar-refractivity contribution in [3.05, 3.63) is 23.8 Å². The zero-order chi connectivity index (χ0) is 8.97. The maximum atomic E-state index is 5.67. The molecule has 63 valence electrons. The summed E-state index contributed by atoms with van der Waals surface area (Å²) in [7, 11) is 3.46. The Kier molecular flexibility index (Phi) is 3.35. The van der Waals surface area contributed by atoms with Gasteiger partial charge in [0.05, 0.1) is 10.2 Å². The lowest BCUT2D eigenvalue weighted by molar-refractivity contribution is 0.795. The predicted molar refractivity (Wildman–Crippen MR) is 54.9 cm³/mol. The molecule has 1 nitrogen and oxygen atoms in total. The highest BCUT2D eigenvalue weighted by molar-refractivity contribution is 6.35. The molecule has 1 aromatic rings. The standard InChI is InChI=1S/C10H14NSi/c1-2-3-4-8-5-6-9(11)10(12)7-8/h5-7H,2-4,11H2,1H3. The third-order valence-electron chi connectivity index (χ3n) is 1.94. The van der Waals surface area contributed by atoms with Crippen molar-refractivity contribution < 1.29 is 0 Å². The Balaban J connectivity index is 2.69. The van der Waals surface area contributed by atoms with Gasteiger partial charge in [-0.15, -0.1) is 0 Å². The SMILES string of the molecule is CCCCc1ccc(N)c([Si])c1. The molecule has 0 fully saturated rings. The molecule has 2 heteroatoms. The highest BCUT2D eigenvalue weighted by Crippen LogP contribution is 2.05. The van der Waals surface area contributed by atoms with Crippen LogP contribution in [0.25, 0.3) is 0 Å². The van der Waals surface area contributed by atoms with E-state index < -0.39 is 0 Å². The van der Waals surface area contributed by atoms with E-state index in [1.807, 2.05) is 6.07 Å². The Morgan fingerprint density at radius 1 is 1.42 bits per heavy atom. The summed E-state index contributed by atoms with van der Waals surface area (Å²) in [6.45, 7) is 2.20. The lowest BCUT2D eigenvalue weighted by atomic mass is 10.1. The Labute approximate surface area is 77.4 Å². The molecule has 2 N–H and O–H groups in total. The molecule has 12 heavy (non-hydrogen) atoms. The van der Waals surface area contributed by atoms with Crippen LogP contribution < -0.4 is 10.9 Å². The van der Waals surface area contributed by atoms with E-state index in [4.69, 9.17) is 5.73 Å². The van der Waals surface area contributed by atoms with Crippen molar-refractivity contribution in [2.24, 2.45) is 0 Å². The highest BCUT2D eigenvalue weighted by Gasteiger charge is 1.95. The third kappa shape index (κ3) is 2.38. The van der Waals surface area contributed by atoms with E-state index in [0.29, 0.717) is 0 Å². The second-order valence-electron chi connectivity index (χ2n) is 3.03. The molecule has 1 aromatic carbocycles. The van der Waals surface area contributed by atoms with Crippen molar-refractivity contribution >= 4 is 21.1 Å². The van der Waals surface area contributed by atoms with E-state index in [-0.39, 0.29) is 0 Å². The molecule has 0 aromatic heterocycles. The van der Waals surface area contributed by atoms with Crippen LogP contribution >= 0.6 is 0 Å². The molecule has 1 rings (SSSR count). The van der Waals surface area contributed by atoms with E-state index in [9.17, 15) is 0 Å². The van der Waals surface area contributed by atoms with Gasteiger partial charge >= 0.3 is 0 Å². The second kappa shape index (κ2) is 4.31. The summed E-state index contributed by atoms with van der Waals surface area (Å²) in [6.07, 6.45) is 3.63.